The monoisotopic (exact) mass is 348 g/mol. The van der Waals surface area contributed by atoms with Crippen molar-refractivity contribution in [1.29, 1.82) is 0 Å². The molecular weight excluding hydrogens is 328 g/mol. The summed E-state index contributed by atoms with van der Waals surface area (Å²) in [7, 11) is 0. The summed E-state index contributed by atoms with van der Waals surface area (Å²) in [6.45, 7) is 0. The lowest BCUT2D eigenvalue weighted by molar-refractivity contribution is -0.120. The Labute approximate surface area is 146 Å². The zero-order valence-corrected chi connectivity index (χ0v) is 14.1. The average Bonchev–Trinajstić information content (AvgIpc) is 3.11. The van der Waals surface area contributed by atoms with Crippen LogP contribution in [0.1, 0.15) is 38.1 Å². The third kappa shape index (κ3) is 3.27. The fourth-order valence-corrected chi connectivity index (χ4v) is 3.23. The SMILES string of the molecule is Cl.NC1CCCC1C(=O)Nc1cccc(-c2nnnn2C2CC2)c1. The van der Waals surface area contributed by atoms with Crippen LogP contribution >= 0.6 is 12.4 Å². The van der Waals surface area contributed by atoms with Crippen molar-refractivity contribution in [3.63, 3.8) is 0 Å². The minimum Gasteiger partial charge on any atom is -0.327 e. The second kappa shape index (κ2) is 6.86. The zero-order valence-electron chi connectivity index (χ0n) is 13.3. The number of nitrogens with two attached hydrogens (primary N) is 1. The summed E-state index contributed by atoms with van der Waals surface area (Å²) in [6, 6.07) is 8.05. The molecule has 0 aliphatic heterocycles. The van der Waals surface area contributed by atoms with Gasteiger partial charge < -0.3 is 11.1 Å². The van der Waals surface area contributed by atoms with Crippen LogP contribution in [0.25, 0.3) is 11.4 Å². The molecule has 1 aromatic carbocycles. The normalized spacial score (nSPS) is 22.9. The highest BCUT2D eigenvalue weighted by Gasteiger charge is 2.30. The number of halogens is 1. The van der Waals surface area contributed by atoms with Crippen LogP contribution in [0.3, 0.4) is 0 Å². The number of nitrogens with one attached hydrogen (secondary N) is 1. The highest BCUT2D eigenvalue weighted by Crippen LogP contribution is 2.36. The van der Waals surface area contributed by atoms with E-state index < -0.39 is 0 Å². The van der Waals surface area contributed by atoms with E-state index in [9.17, 15) is 4.79 Å². The van der Waals surface area contributed by atoms with E-state index in [-0.39, 0.29) is 30.3 Å². The van der Waals surface area contributed by atoms with Crippen LogP contribution in [0.15, 0.2) is 24.3 Å². The van der Waals surface area contributed by atoms with Gasteiger partial charge in [0.25, 0.3) is 0 Å². The number of aromatic nitrogens is 4. The van der Waals surface area contributed by atoms with Crippen LogP contribution < -0.4 is 11.1 Å². The summed E-state index contributed by atoms with van der Waals surface area (Å²) >= 11 is 0. The minimum absolute atomic E-state index is 0. The highest BCUT2D eigenvalue weighted by atomic mass is 35.5. The first-order valence-corrected chi connectivity index (χ1v) is 8.17. The predicted molar refractivity (Wildman–Crippen MR) is 92.7 cm³/mol. The van der Waals surface area contributed by atoms with Crippen molar-refractivity contribution in [2.24, 2.45) is 11.7 Å². The fraction of sp³-hybridized carbons (Fsp3) is 0.500. The number of tetrazole rings is 1. The molecule has 24 heavy (non-hydrogen) atoms. The summed E-state index contributed by atoms with van der Waals surface area (Å²) in [6.07, 6.45) is 5.05. The van der Waals surface area contributed by atoms with E-state index in [1.807, 2.05) is 28.9 Å². The lowest BCUT2D eigenvalue weighted by atomic mass is 10.0. The number of carbonyl (C=O) groups is 1. The molecule has 2 atom stereocenters. The molecular formula is C16H21ClN6O. The van der Waals surface area contributed by atoms with Crippen molar-refractivity contribution < 1.29 is 4.79 Å². The van der Waals surface area contributed by atoms with Crippen LogP contribution in [0.2, 0.25) is 0 Å². The molecule has 1 heterocycles. The Bertz CT molecular complexity index is 729. The number of hydrogen-bond donors (Lipinski definition) is 2. The van der Waals surface area contributed by atoms with Gasteiger partial charge in [-0.2, -0.15) is 0 Å². The largest absolute Gasteiger partial charge is 0.327 e. The van der Waals surface area contributed by atoms with E-state index in [2.05, 4.69) is 20.8 Å². The van der Waals surface area contributed by atoms with E-state index in [1.54, 1.807) is 0 Å². The van der Waals surface area contributed by atoms with Crippen LogP contribution in [-0.4, -0.2) is 32.2 Å². The smallest absolute Gasteiger partial charge is 0.229 e. The molecule has 2 fully saturated rings. The predicted octanol–water partition coefficient (Wildman–Crippen LogP) is 2.16. The molecule has 2 aromatic rings. The fourth-order valence-electron chi connectivity index (χ4n) is 3.23. The first-order valence-electron chi connectivity index (χ1n) is 8.17. The Kier molecular flexibility index (Phi) is 4.82. The van der Waals surface area contributed by atoms with Gasteiger partial charge in [-0.15, -0.1) is 17.5 Å². The number of rotatable bonds is 4. The van der Waals surface area contributed by atoms with Gasteiger partial charge in [0.05, 0.1) is 12.0 Å². The van der Waals surface area contributed by atoms with Gasteiger partial charge in [0, 0.05) is 17.3 Å². The summed E-state index contributed by atoms with van der Waals surface area (Å²) in [4.78, 5) is 12.4. The molecule has 2 aliphatic carbocycles. The molecule has 4 rings (SSSR count). The summed E-state index contributed by atoms with van der Waals surface area (Å²) < 4.78 is 1.87. The van der Waals surface area contributed by atoms with Crippen LogP contribution in [0, 0.1) is 5.92 Å². The third-order valence-electron chi connectivity index (χ3n) is 4.68. The molecule has 0 saturated heterocycles. The van der Waals surface area contributed by atoms with Gasteiger partial charge in [0.2, 0.25) is 5.91 Å². The maximum Gasteiger partial charge on any atom is 0.229 e. The first-order chi connectivity index (χ1) is 11.2. The molecule has 8 heteroatoms. The van der Waals surface area contributed by atoms with E-state index in [0.717, 1.165) is 49.2 Å². The maximum atomic E-state index is 12.4. The van der Waals surface area contributed by atoms with E-state index >= 15 is 0 Å². The number of amides is 1. The number of benzene rings is 1. The first kappa shape index (κ1) is 16.9. The van der Waals surface area contributed by atoms with Crippen LogP contribution in [0.4, 0.5) is 5.69 Å². The number of hydrogen-bond acceptors (Lipinski definition) is 5. The molecule has 0 spiro atoms. The summed E-state index contributed by atoms with van der Waals surface area (Å²) in [5, 5.41) is 15.0. The van der Waals surface area contributed by atoms with Crippen molar-refractivity contribution in [1.82, 2.24) is 20.2 Å². The molecule has 0 bridgehead atoms. The number of nitrogens with zero attached hydrogens (tertiary/aromatic N) is 4. The van der Waals surface area contributed by atoms with Crippen molar-refractivity contribution in [3.05, 3.63) is 24.3 Å². The lowest BCUT2D eigenvalue weighted by Gasteiger charge is -2.15. The molecule has 2 unspecified atom stereocenters. The lowest BCUT2D eigenvalue weighted by Crippen LogP contribution is -2.34. The Balaban J connectivity index is 0.00000169. The zero-order chi connectivity index (χ0) is 15.8. The third-order valence-corrected chi connectivity index (χ3v) is 4.68. The minimum atomic E-state index is -0.0876. The Morgan fingerprint density at radius 3 is 2.79 bits per heavy atom. The Morgan fingerprint density at radius 2 is 2.08 bits per heavy atom. The molecule has 128 valence electrons. The number of carbonyl (C=O) groups excluding carboxylic acids is 1. The molecule has 2 saturated carbocycles. The topological polar surface area (TPSA) is 98.7 Å². The summed E-state index contributed by atoms with van der Waals surface area (Å²) in [5.74, 6) is 0.672. The van der Waals surface area contributed by atoms with Gasteiger partial charge in [-0.05, 0) is 48.2 Å². The summed E-state index contributed by atoms with van der Waals surface area (Å²) in [5.41, 5.74) is 7.68. The molecule has 3 N–H and O–H groups in total. The van der Waals surface area contributed by atoms with E-state index in [1.165, 1.54) is 0 Å². The quantitative estimate of drug-likeness (QED) is 0.882. The second-order valence-corrected chi connectivity index (χ2v) is 6.45. The van der Waals surface area contributed by atoms with Gasteiger partial charge >= 0.3 is 0 Å². The molecule has 1 amide bonds. The van der Waals surface area contributed by atoms with E-state index in [0.29, 0.717) is 6.04 Å². The standard InChI is InChI=1S/C16H20N6O.ClH/c17-14-6-2-5-13(14)16(23)18-11-4-1-3-10(9-11)15-19-20-21-22(15)12-7-8-12;/h1,3-4,9,12-14H,2,5-8,17H2,(H,18,23);1H. The van der Waals surface area contributed by atoms with Crippen LogP contribution in [-0.2, 0) is 4.79 Å². The van der Waals surface area contributed by atoms with Gasteiger partial charge in [0.15, 0.2) is 5.82 Å². The number of anilines is 1. The molecule has 0 radical (unpaired) electrons. The average molecular weight is 349 g/mol. The molecule has 7 nitrogen and oxygen atoms in total. The van der Waals surface area contributed by atoms with Gasteiger partial charge in [0.1, 0.15) is 0 Å². The Morgan fingerprint density at radius 1 is 1.25 bits per heavy atom. The van der Waals surface area contributed by atoms with Gasteiger partial charge in [-0.25, -0.2) is 4.68 Å². The van der Waals surface area contributed by atoms with Crippen molar-refractivity contribution in [2.75, 3.05) is 5.32 Å². The molecule has 2 aliphatic rings. The Hall–Kier alpha value is -1.99. The van der Waals surface area contributed by atoms with Gasteiger partial charge in [-0.1, -0.05) is 18.6 Å². The van der Waals surface area contributed by atoms with Gasteiger partial charge in [-0.3, -0.25) is 4.79 Å². The second-order valence-electron chi connectivity index (χ2n) is 6.45. The maximum absolute atomic E-state index is 12.4. The van der Waals surface area contributed by atoms with Crippen molar-refractivity contribution in [2.45, 2.75) is 44.2 Å². The van der Waals surface area contributed by atoms with Crippen molar-refractivity contribution >= 4 is 24.0 Å². The van der Waals surface area contributed by atoms with Crippen LogP contribution in [0.5, 0.6) is 0 Å². The van der Waals surface area contributed by atoms with Crippen molar-refractivity contribution in [3.8, 4) is 11.4 Å². The molecule has 1 aromatic heterocycles. The highest BCUT2D eigenvalue weighted by molar-refractivity contribution is 5.93. The van der Waals surface area contributed by atoms with E-state index in [4.69, 9.17) is 5.73 Å².